The van der Waals surface area contributed by atoms with Gasteiger partial charge < -0.3 is 25.3 Å². The number of anilines is 2. The van der Waals surface area contributed by atoms with Crippen LogP contribution in [0.3, 0.4) is 0 Å². The highest BCUT2D eigenvalue weighted by molar-refractivity contribution is 5.78. The maximum atomic E-state index is 15.0. The molecule has 2 aliphatic rings. The summed E-state index contributed by atoms with van der Waals surface area (Å²) in [5, 5.41) is 10.9. The van der Waals surface area contributed by atoms with Gasteiger partial charge in [-0.2, -0.15) is 4.98 Å². The van der Waals surface area contributed by atoms with Crippen LogP contribution in [-0.4, -0.2) is 65.4 Å². The summed E-state index contributed by atoms with van der Waals surface area (Å²) >= 11 is 0. The molecule has 3 N–H and O–H groups in total. The number of aromatic nitrogens is 3. The van der Waals surface area contributed by atoms with Gasteiger partial charge in [0.15, 0.2) is 0 Å². The van der Waals surface area contributed by atoms with E-state index in [1.165, 1.54) is 17.7 Å². The lowest BCUT2D eigenvalue weighted by molar-refractivity contribution is 0.0332. The molecule has 2 saturated heterocycles. The minimum atomic E-state index is -0.571. The lowest BCUT2D eigenvalue weighted by atomic mass is 10.1. The number of hydrogen-bond donors (Lipinski definition) is 3. The Bertz CT molecular complexity index is 1360. The molecular formula is C27H29F2N7O. The second-order valence-electron chi connectivity index (χ2n) is 9.39. The molecule has 0 aliphatic carbocycles. The first kappa shape index (κ1) is 23.9. The molecule has 0 bridgehead atoms. The van der Waals surface area contributed by atoms with Crippen molar-refractivity contribution < 1.29 is 13.5 Å². The third-order valence-electron chi connectivity index (χ3n) is 6.93. The molecule has 2 aromatic carbocycles. The van der Waals surface area contributed by atoms with Crippen molar-refractivity contribution in [3.05, 3.63) is 77.6 Å². The van der Waals surface area contributed by atoms with E-state index in [-0.39, 0.29) is 12.1 Å². The molecule has 37 heavy (non-hydrogen) atoms. The molecule has 8 nitrogen and oxygen atoms in total. The van der Waals surface area contributed by atoms with Gasteiger partial charge >= 0.3 is 0 Å². The summed E-state index contributed by atoms with van der Waals surface area (Å²) in [5.74, 6) is -0.737. The molecule has 1 atom stereocenters. The molecule has 6 rings (SSSR count). The van der Waals surface area contributed by atoms with Crippen LogP contribution in [0.2, 0.25) is 0 Å². The molecule has 4 heterocycles. The van der Waals surface area contributed by atoms with E-state index in [1.54, 1.807) is 17.0 Å². The second-order valence-corrected chi connectivity index (χ2v) is 9.39. The van der Waals surface area contributed by atoms with Gasteiger partial charge in [-0.05, 0) is 35.9 Å². The van der Waals surface area contributed by atoms with E-state index >= 15 is 8.78 Å². The Morgan fingerprint density at radius 3 is 2.54 bits per heavy atom. The Morgan fingerprint density at radius 1 is 1.03 bits per heavy atom. The minimum absolute atomic E-state index is 0.0711. The van der Waals surface area contributed by atoms with Crippen LogP contribution in [0.15, 0.2) is 54.9 Å². The van der Waals surface area contributed by atoms with Crippen molar-refractivity contribution >= 4 is 22.7 Å². The van der Waals surface area contributed by atoms with Crippen LogP contribution in [-0.2, 0) is 11.3 Å². The fourth-order valence-electron chi connectivity index (χ4n) is 4.87. The van der Waals surface area contributed by atoms with Gasteiger partial charge in [-0.1, -0.05) is 12.1 Å². The lowest BCUT2D eigenvalue weighted by Gasteiger charge is -2.27. The molecule has 2 aliphatic heterocycles. The predicted molar refractivity (Wildman–Crippen MR) is 138 cm³/mol. The van der Waals surface area contributed by atoms with E-state index in [0.717, 1.165) is 30.7 Å². The van der Waals surface area contributed by atoms with Crippen molar-refractivity contribution in [2.75, 3.05) is 51.3 Å². The van der Waals surface area contributed by atoms with E-state index in [1.807, 2.05) is 23.1 Å². The molecule has 0 radical (unpaired) electrons. The van der Waals surface area contributed by atoms with Crippen LogP contribution >= 0.6 is 0 Å². The average Bonchev–Trinajstić information content (AvgIpc) is 3.35. The van der Waals surface area contributed by atoms with Gasteiger partial charge in [-0.3, -0.25) is 4.90 Å². The number of ether oxygens (including phenoxy) is 1. The summed E-state index contributed by atoms with van der Waals surface area (Å²) in [4.78, 5) is 11.1. The Hall–Kier alpha value is -3.44. The maximum Gasteiger partial charge on any atom is 0.229 e. The molecule has 2 aromatic heterocycles. The van der Waals surface area contributed by atoms with Gasteiger partial charge in [0.1, 0.15) is 17.3 Å². The quantitative estimate of drug-likeness (QED) is 0.370. The van der Waals surface area contributed by atoms with Gasteiger partial charge in [0, 0.05) is 74.3 Å². The molecule has 0 amide bonds. The second kappa shape index (κ2) is 10.5. The fourth-order valence-corrected chi connectivity index (χ4v) is 4.87. The third-order valence-corrected chi connectivity index (χ3v) is 6.93. The van der Waals surface area contributed by atoms with Crippen LogP contribution in [0.25, 0.3) is 16.7 Å². The number of nitrogens with zero attached hydrogens (tertiary/aromatic N) is 4. The molecule has 192 valence electrons. The number of benzene rings is 2. The highest BCUT2D eigenvalue weighted by Gasteiger charge is 2.19. The standard InChI is InChI=1S/C27H29F2N7O/c28-23-13-21(14-24(29)22(23)17-35-9-11-37-12-10-35)36-8-5-19-15-32-27(34-26(19)36)33-20-3-1-18(2-4-20)25-16-30-6-7-31-25/h1-5,8,13-15,25,30-31H,6-7,9-12,16-17H2,(H,32,33,34)/t25-/m1/s1. The lowest BCUT2D eigenvalue weighted by Crippen LogP contribution is -2.42. The molecule has 2 fully saturated rings. The Morgan fingerprint density at radius 2 is 1.81 bits per heavy atom. The van der Waals surface area contributed by atoms with Crippen molar-refractivity contribution in [3.63, 3.8) is 0 Å². The summed E-state index contributed by atoms with van der Waals surface area (Å²) in [6.45, 7) is 5.52. The SMILES string of the molecule is Fc1cc(-n2ccc3cnc(Nc4ccc([C@H]5CNCCN5)cc4)nc32)cc(F)c1CN1CCOCC1. The highest BCUT2D eigenvalue weighted by Crippen LogP contribution is 2.25. The Kier molecular flexibility index (Phi) is 6.79. The van der Waals surface area contributed by atoms with Crippen molar-refractivity contribution in [2.24, 2.45) is 0 Å². The number of fused-ring (bicyclic) bond motifs is 1. The van der Waals surface area contributed by atoms with Gasteiger partial charge in [-0.15, -0.1) is 0 Å². The van der Waals surface area contributed by atoms with E-state index in [0.29, 0.717) is 49.6 Å². The first-order valence-corrected chi connectivity index (χ1v) is 12.6. The topological polar surface area (TPSA) is 79.3 Å². The Labute approximate surface area is 213 Å². The zero-order chi connectivity index (χ0) is 25.2. The zero-order valence-electron chi connectivity index (χ0n) is 20.4. The molecule has 0 unspecified atom stereocenters. The summed E-state index contributed by atoms with van der Waals surface area (Å²) in [6.07, 6.45) is 3.45. The molecular weight excluding hydrogens is 476 g/mol. The number of hydrogen-bond acceptors (Lipinski definition) is 7. The van der Waals surface area contributed by atoms with Crippen molar-refractivity contribution in [1.29, 1.82) is 0 Å². The molecule has 0 spiro atoms. The first-order chi connectivity index (χ1) is 18.1. The van der Waals surface area contributed by atoms with Crippen molar-refractivity contribution in [3.8, 4) is 5.69 Å². The summed E-state index contributed by atoms with van der Waals surface area (Å²) in [6, 6.07) is 13.0. The zero-order valence-corrected chi connectivity index (χ0v) is 20.4. The monoisotopic (exact) mass is 505 g/mol. The van der Waals surface area contributed by atoms with Crippen LogP contribution in [0.5, 0.6) is 0 Å². The van der Waals surface area contributed by atoms with E-state index in [4.69, 9.17) is 4.74 Å². The van der Waals surface area contributed by atoms with Crippen LogP contribution in [0, 0.1) is 11.6 Å². The van der Waals surface area contributed by atoms with Crippen molar-refractivity contribution in [1.82, 2.24) is 30.1 Å². The molecule has 4 aromatic rings. The van der Waals surface area contributed by atoms with E-state index in [2.05, 4.69) is 38.1 Å². The van der Waals surface area contributed by atoms with Gasteiger partial charge in [0.05, 0.1) is 18.9 Å². The third kappa shape index (κ3) is 5.19. The number of morpholine rings is 1. The minimum Gasteiger partial charge on any atom is -0.379 e. The van der Waals surface area contributed by atoms with E-state index in [9.17, 15) is 0 Å². The normalized spacial score (nSPS) is 18.8. The van der Waals surface area contributed by atoms with Crippen LogP contribution in [0.1, 0.15) is 17.2 Å². The summed E-state index contributed by atoms with van der Waals surface area (Å²) in [7, 11) is 0. The van der Waals surface area contributed by atoms with Gasteiger partial charge in [0.25, 0.3) is 0 Å². The highest BCUT2D eigenvalue weighted by atomic mass is 19.1. The average molecular weight is 506 g/mol. The predicted octanol–water partition coefficient (Wildman–Crippen LogP) is 3.51. The Balaban J connectivity index is 1.23. The van der Waals surface area contributed by atoms with Gasteiger partial charge in [-0.25, -0.2) is 13.8 Å². The first-order valence-electron chi connectivity index (χ1n) is 12.6. The number of rotatable bonds is 6. The number of halogens is 2. The molecule has 10 heteroatoms. The number of nitrogens with one attached hydrogen (secondary N) is 3. The summed E-state index contributed by atoms with van der Waals surface area (Å²) in [5.41, 5.74) is 3.07. The van der Waals surface area contributed by atoms with Crippen molar-refractivity contribution in [2.45, 2.75) is 12.6 Å². The van der Waals surface area contributed by atoms with E-state index < -0.39 is 11.6 Å². The molecule has 0 saturated carbocycles. The van der Waals surface area contributed by atoms with Crippen LogP contribution in [0.4, 0.5) is 20.4 Å². The van der Waals surface area contributed by atoms with Crippen LogP contribution < -0.4 is 16.0 Å². The smallest absolute Gasteiger partial charge is 0.229 e. The largest absolute Gasteiger partial charge is 0.379 e. The maximum absolute atomic E-state index is 15.0. The van der Waals surface area contributed by atoms with Gasteiger partial charge in [0.2, 0.25) is 5.95 Å². The summed E-state index contributed by atoms with van der Waals surface area (Å²) < 4.78 is 37.1. The number of piperazine rings is 1. The fraction of sp³-hybridized carbons (Fsp3) is 0.333.